The molecule has 3 aromatic rings. The molecule has 0 bridgehead atoms. The number of rotatable bonds is 6. The van der Waals surface area contributed by atoms with E-state index < -0.39 is 11.7 Å². The minimum absolute atomic E-state index is 0.291. The number of anilines is 2. The number of nitrogens with one attached hydrogen (secondary N) is 1. The van der Waals surface area contributed by atoms with Crippen LogP contribution >= 0.6 is 0 Å². The van der Waals surface area contributed by atoms with Gasteiger partial charge >= 0.3 is 0 Å². The molecule has 4 heterocycles. The molecule has 0 radical (unpaired) electrons. The van der Waals surface area contributed by atoms with Gasteiger partial charge in [0.15, 0.2) is 0 Å². The summed E-state index contributed by atoms with van der Waals surface area (Å²) in [7, 11) is 0. The van der Waals surface area contributed by atoms with Gasteiger partial charge in [-0.25, -0.2) is 4.98 Å². The van der Waals surface area contributed by atoms with Crippen LogP contribution in [0.2, 0.25) is 0 Å². The Kier molecular flexibility index (Phi) is 7.15. The van der Waals surface area contributed by atoms with E-state index in [1.165, 1.54) is 0 Å². The van der Waals surface area contributed by atoms with Crippen molar-refractivity contribution in [2.24, 2.45) is 5.41 Å². The van der Waals surface area contributed by atoms with Gasteiger partial charge in [0, 0.05) is 50.5 Å². The van der Waals surface area contributed by atoms with E-state index in [9.17, 15) is 9.59 Å². The number of pyridine rings is 1. The number of ketones is 1. The van der Waals surface area contributed by atoms with Crippen LogP contribution in [-0.2, 0) is 17.8 Å². The fraction of sp³-hybridized carbons (Fsp3) is 0.433. The zero-order valence-electron chi connectivity index (χ0n) is 22.2. The van der Waals surface area contributed by atoms with E-state index in [0.29, 0.717) is 16.8 Å². The van der Waals surface area contributed by atoms with Gasteiger partial charge in [-0.1, -0.05) is 51.1 Å². The van der Waals surface area contributed by atoms with Gasteiger partial charge in [-0.3, -0.25) is 14.5 Å². The third kappa shape index (κ3) is 5.77. The molecule has 1 saturated heterocycles. The Balaban J connectivity index is 1.27. The average Bonchev–Trinajstić information content (AvgIpc) is 3.28. The van der Waals surface area contributed by atoms with Gasteiger partial charge < -0.3 is 14.8 Å². The average molecular weight is 500 g/mol. The Morgan fingerprint density at radius 1 is 0.946 bits per heavy atom. The molecule has 0 atom stereocenters. The molecule has 0 saturated carbocycles. The Labute approximate surface area is 219 Å². The van der Waals surface area contributed by atoms with Crippen molar-refractivity contribution in [2.45, 2.75) is 46.6 Å². The number of amides is 1. The fourth-order valence-electron chi connectivity index (χ4n) is 5.47. The molecule has 0 aliphatic carbocycles. The highest BCUT2D eigenvalue weighted by Crippen LogP contribution is 2.31. The Morgan fingerprint density at radius 3 is 2.38 bits per heavy atom. The van der Waals surface area contributed by atoms with Crippen molar-refractivity contribution in [3.05, 3.63) is 66.1 Å². The van der Waals surface area contributed by atoms with E-state index in [0.717, 1.165) is 81.2 Å². The Morgan fingerprint density at radius 2 is 1.70 bits per heavy atom. The maximum Gasteiger partial charge on any atom is 0.298 e. The smallest absolute Gasteiger partial charge is 0.298 e. The molecule has 7 nitrogen and oxygen atoms in total. The standard InChI is InChI=1S/C30H37N5O2/c1-30(2,3)21-33-15-17-34(18-16-33)26-13-12-23(20-31-26)32-29(37)28(36)27-25(22-9-5-4-6-10-22)19-24-11-7-8-14-35(24)27/h4-6,9-10,12-13,19-20H,7-8,11,14-18,21H2,1-3H3,(H,32,37). The van der Waals surface area contributed by atoms with Crippen molar-refractivity contribution >= 4 is 23.2 Å². The topological polar surface area (TPSA) is 70.5 Å². The second kappa shape index (κ2) is 10.5. The summed E-state index contributed by atoms with van der Waals surface area (Å²) in [5.41, 5.74) is 4.21. The molecule has 2 aliphatic rings. The Hall–Kier alpha value is -3.45. The summed E-state index contributed by atoms with van der Waals surface area (Å²) in [5.74, 6) is -0.244. The number of fused-ring (bicyclic) bond motifs is 1. The van der Waals surface area contributed by atoms with Crippen LogP contribution in [0, 0.1) is 5.41 Å². The number of piperazine rings is 1. The molecule has 5 rings (SSSR count). The molecule has 1 aromatic carbocycles. The van der Waals surface area contributed by atoms with E-state index in [-0.39, 0.29) is 0 Å². The zero-order chi connectivity index (χ0) is 26.0. The maximum absolute atomic E-state index is 13.5. The molecule has 1 N–H and O–H groups in total. The third-order valence-corrected chi connectivity index (χ3v) is 7.15. The molecule has 0 spiro atoms. The van der Waals surface area contributed by atoms with Crippen LogP contribution in [0.5, 0.6) is 0 Å². The predicted octanol–water partition coefficient (Wildman–Crippen LogP) is 4.88. The highest BCUT2D eigenvalue weighted by Gasteiger charge is 2.28. The maximum atomic E-state index is 13.5. The SMILES string of the molecule is CC(C)(C)CN1CCN(c2ccc(NC(=O)C(=O)c3c(-c4ccccc4)cc4n3CCCC4)cn2)CC1. The lowest BCUT2D eigenvalue weighted by molar-refractivity contribution is -0.112. The molecule has 1 amide bonds. The van der Waals surface area contributed by atoms with Crippen LogP contribution < -0.4 is 10.2 Å². The summed E-state index contributed by atoms with van der Waals surface area (Å²) in [6.45, 7) is 12.5. The highest BCUT2D eigenvalue weighted by molar-refractivity contribution is 6.47. The first kappa shape index (κ1) is 25.2. The van der Waals surface area contributed by atoms with E-state index in [4.69, 9.17) is 0 Å². The third-order valence-electron chi connectivity index (χ3n) is 7.15. The normalized spacial score (nSPS) is 16.4. The van der Waals surface area contributed by atoms with Crippen LogP contribution in [0.15, 0.2) is 54.7 Å². The number of hydrogen-bond acceptors (Lipinski definition) is 5. The summed E-state index contributed by atoms with van der Waals surface area (Å²) < 4.78 is 2.04. The molecule has 2 aliphatic heterocycles. The number of carbonyl (C=O) groups excluding carboxylic acids is 2. The Bertz CT molecular complexity index is 1250. The van der Waals surface area contributed by atoms with Crippen molar-refractivity contribution in [2.75, 3.05) is 42.9 Å². The van der Waals surface area contributed by atoms with Crippen molar-refractivity contribution in [3.8, 4) is 11.1 Å². The van der Waals surface area contributed by atoms with E-state index >= 15 is 0 Å². The van der Waals surface area contributed by atoms with Crippen molar-refractivity contribution in [1.29, 1.82) is 0 Å². The monoisotopic (exact) mass is 499 g/mol. The lowest BCUT2D eigenvalue weighted by atomic mass is 9.96. The first-order chi connectivity index (χ1) is 17.8. The summed E-state index contributed by atoms with van der Waals surface area (Å²) >= 11 is 0. The number of benzene rings is 1. The van der Waals surface area contributed by atoms with Crippen molar-refractivity contribution in [1.82, 2.24) is 14.5 Å². The van der Waals surface area contributed by atoms with Crippen LogP contribution in [-0.4, -0.2) is 58.9 Å². The van der Waals surface area contributed by atoms with Gasteiger partial charge in [0.25, 0.3) is 11.7 Å². The molecular weight excluding hydrogens is 462 g/mol. The van der Waals surface area contributed by atoms with E-state index in [1.807, 2.05) is 47.0 Å². The molecule has 1 fully saturated rings. The van der Waals surface area contributed by atoms with Gasteiger partial charge in [-0.2, -0.15) is 0 Å². The molecule has 37 heavy (non-hydrogen) atoms. The minimum atomic E-state index is -0.631. The minimum Gasteiger partial charge on any atom is -0.354 e. The largest absolute Gasteiger partial charge is 0.354 e. The van der Waals surface area contributed by atoms with Crippen LogP contribution in [0.1, 0.15) is 49.8 Å². The van der Waals surface area contributed by atoms with Crippen LogP contribution in [0.25, 0.3) is 11.1 Å². The molecule has 0 unspecified atom stereocenters. The summed E-state index contributed by atoms with van der Waals surface area (Å²) in [4.78, 5) is 35.9. The summed E-state index contributed by atoms with van der Waals surface area (Å²) in [5, 5.41) is 2.79. The van der Waals surface area contributed by atoms with E-state index in [1.54, 1.807) is 6.20 Å². The van der Waals surface area contributed by atoms with Crippen molar-refractivity contribution in [3.63, 3.8) is 0 Å². The number of aryl methyl sites for hydroxylation is 1. The summed E-state index contributed by atoms with van der Waals surface area (Å²) in [6, 6.07) is 15.7. The molecular formula is C30H37N5O2. The molecule has 2 aromatic heterocycles. The lowest BCUT2D eigenvalue weighted by Gasteiger charge is -2.38. The number of aromatic nitrogens is 2. The van der Waals surface area contributed by atoms with Gasteiger partial charge in [-0.15, -0.1) is 0 Å². The number of nitrogens with zero attached hydrogens (tertiary/aromatic N) is 4. The first-order valence-corrected chi connectivity index (χ1v) is 13.4. The lowest BCUT2D eigenvalue weighted by Crippen LogP contribution is -2.48. The second-order valence-electron chi connectivity index (χ2n) is 11.4. The van der Waals surface area contributed by atoms with Gasteiger partial charge in [0.2, 0.25) is 0 Å². The molecule has 7 heteroatoms. The van der Waals surface area contributed by atoms with Gasteiger partial charge in [-0.05, 0) is 48.4 Å². The summed E-state index contributed by atoms with van der Waals surface area (Å²) in [6.07, 6.45) is 4.67. The van der Waals surface area contributed by atoms with Crippen LogP contribution in [0.4, 0.5) is 11.5 Å². The van der Waals surface area contributed by atoms with Gasteiger partial charge in [0.1, 0.15) is 11.5 Å². The van der Waals surface area contributed by atoms with E-state index in [2.05, 4.69) is 46.9 Å². The zero-order valence-corrected chi connectivity index (χ0v) is 22.2. The quantitative estimate of drug-likeness (QED) is 0.387. The highest BCUT2D eigenvalue weighted by atomic mass is 16.2. The number of Topliss-reactive ketones (excluding diaryl/α,β-unsaturated/α-hetero) is 1. The van der Waals surface area contributed by atoms with Crippen LogP contribution in [0.3, 0.4) is 0 Å². The van der Waals surface area contributed by atoms with Crippen molar-refractivity contribution < 1.29 is 9.59 Å². The number of hydrogen-bond donors (Lipinski definition) is 1. The number of carbonyl (C=O) groups is 2. The van der Waals surface area contributed by atoms with Gasteiger partial charge in [0.05, 0.1) is 11.9 Å². The molecule has 194 valence electrons. The first-order valence-electron chi connectivity index (χ1n) is 13.4. The second-order valence-corrected chi connectivity index (χ2v) is 11.4. The fourth-order valence-corrected chi connectivity index (χ4v) is 5.47. The predicted molar refractivity (Wildman–Crippen MR) is 148 cm³/mol.